The van der Waals surface area contributed by atoms with Crippen LogP contribution in [0.3, 0.4) is 0 Å². The number of hydrogen-bond donors (Lipinski definition) is 4. The zero-order chi connectivity index (χ0) is 46.6. The number of ether oxygens (including phenoxy) is 3. The van der Waals surface area contributed by atoms with Crippen molar-refractivity contribution in [3.8, 4) is 28.3 Å². The molecule has 3 aromatic carbocycles. The molecule has 346 valence electrons. The van der Waals surface area contributed by atoms with Crippen LogP contribution >= 0.6 is 11.6 Å². The van der Waals surface area contributed by atoms with Gasteiger partial charge in [-0.2, -0.15) is 0 Å². The Bertz CT molecular complexity index is 2610. The number of halogens is 1. The average Bonchev–Trinajstić information content (AvgIpc) is 4.17. The summed E-state index contributed by atoms with van der Waals surface area (Å²) in [6.45, 7) is 8.67. The quantitative estimate of drug-likeness (QED) is 0.0898. The highest BCUT2D eigenvalue weighted by molar-refractivity contribution is 6.31. The van der Waals surface area contributed by atoms with Crippen LogP contribution in [0.4, 0.5) is 9.59 Å². The van der Waals surface area contributed by atoms with Crippen molar-refractivity contribution in [2.45, 2.75) is 90.2 Å². The van der Waals surface area contributed by atoms with E-state index in [-0.39, 0.29) is 35.7 Å². The Kier molecular flexibility index (Phi) is 13.8. The fourth-order valence-corrected chi connectivity index (χ4v) is 9.22. The van der Waals surface area contributed by atoms with Gasteiger partial charge in [-0.25, -0.2) is 24.5 Å². The van der Waals surface area contributed by atoms with Crippen LogP contribution in [-0.2, 0) is 25.5 Å². The highest BCUT2D eigenvalue weighted by Crippen LogP contribution is 2.39. The molecule has 0 bridgehead atoms. The van der Waals surface area contributed by atoms with Gasteiger partial charge in [0.15, 0.2) is 0 Å². The number of methoxy groups -OCH3 is 2. The fraction of sp³-hybridized carbons (Fsp3) is 0.408. The van der Waals surface area contributed by atoms with E-state index in [9.17, 15) is 19.2 Å². The third-order valence-corrected chi connectivity index (χ3v) is 13.0. The number of imidazole rings is 2. The highest BCUT2D eigenvalue weighted by Gasteiger charge is 2.39. The Hall–Kier alpha value is -6.68. The summed E-state index contributed by atoms with van der Waals surface area (Å²) >= 11 is 6.95. The predicted molar refractivity (Wildman–Crippen MR) is 249 cm³/mol. The first-order chi connectivity index (χ1) is 31.8. The van der Waals surface area contributed by atoms with Crippen LogP contribution in [0, 0.1) is 11.8 Å². The van der Waals surface area contributed by atoms with Crippen LogP contribution in [0.25, 0.3) is 22.5 Å². The molecule has 5 atom stereocenters. The summed E-state index contributed by atoms with van der Waals surface area (Å²) < 4.78 is 16.2. The lowest BCUT2D eigenvalue weighted by Crippen LogP contribution is -2.51. The highest BCUT2D eigenvalue weighted by atomic mass is 35.5. The third kappa shape index (κ3) is 9.64. The molecule has 2 saturated heterocycles. The van der Waals surface area contributed by atoms with Crippen molar-refractivity contribution in [1.29, 1.82) is 0 Å². The van der Waals surface area contributed by atoms with E-state index in [0.717, 1.165) is 70.6 Å². The van der Waals surface area contributed by atoms with E-state index in [1.165, 1.54) is 14.2 Å². The van der Waals surface area contributed by atoms with Gasteiger partial charge in [-0.05, 0) is 72.9 Å². The van der Waals surface area contributed by atoms with Gasteiger partial charge in [0.25, 0.3) is 0 Å². The lowest BCUT2D eigenvalue weighted by Gasteiger charge is -2.30. The lowest BCUT2D eigenvalue weighted by atomic mass is 9.96. The van der Waals surface area contributed by atoms with Gasteiger partial charge in [0.2, 0.25) is 18.0 Å². The van der Waals surface area contributed by atoms with Crippen LogP contribution in [0.2, 0.25) is 5.02 Å². The number of alkyl carbamates (subject to hydrolysis) is 2. The molecule has 5 aromatic rings. The lowest BCUT2D eigenvalue weighted by molar-refractivity contribution is -0.136. The molecule has 0 aliphatic carbocycles. The molecule has 4 N–H and O–H groups in total. The maximum absolute atomic E-state index is 13.8. The first-order valence-electron chi connectivity index (χ1n) is 22.4. The van der Waals surface area contributed by atoms with Gasteiger partial charge < -0.3 is 44.6 Å². The molecule has 0 saturated carbocycles. The SMILES string of the molecule is COC(=O)NC(C(=O)N1CCCC1c1ncc(-c2ccc3c(c2)OC(c2ccccc2)N=C3Cc2cc(-c3cnc(C4CCCN4C(=O)[C@@H](NC(=O)OC)C(C)C)[nH]3)ccc2Cl)[nH]1)C(C)C. The molecular weight excluding hydrogens is 862 g/mol. The van der Waals surface area contributed by atoms with E-state index < -0.39 is 30.5 Å². The van der Waals surface area contributed by atoms with Crippen molar-refractivity contribution in [2.75, 3.05) is 27.3 Å². The normalized spacial score (nSPS) is 18.9. The van der Waals surface area contributed by atoms with Crippen molar-refractivity contribution in [1.82, 2.24) is 40.4 Å². The second-order valence-electron chi connectivity index (χ2n) is 17.6. The van der Waals surface area contributed by atoms with Gasteiger partial charge in [-0.15, -0.1) is 0 Å². The molecule has 0 spiro atoms. The van der Waals surface area contributed by atoms with E-state index in [0.29, 0.717) is 41.9 Å². The summed E-state index contributed by atoms with van der Waals surface area (Å²) in [6, 6.07) is 19.7. The molecule has 4 unspecified atom stereocenters. The molecule has 16 nitrogen and oxygen atoms in total. The number of likely N-dealkylation sites (tertiary alicyclic amines) is 2. The molecule has 8 rings (SSSR count). The van der Waals surface area contributed by atoms with Gasteiger partial charge in [-0.1, -0.05) is 81.8 Å². The monoisotopic (exact) mass is 917 g/mol. The molecule has 3 aliphatic heterocycles. The second-order valence-corrected chi connectivity index (χ2v) is 18.0. The number of fused-ring (bicyclic) bond motifs is 1. The van der Waals surface area contributed by atoms with E-state index >= 15 is 0 Å². The molecule has 5 heterocycles. The first kappa shape index (κ1) is 45.9. The number of carbonyl (C=O) groups is 4. The third-order valence-electron chi connectivity index (χ3n) is 12.6. The largest absolute Gasteiger partial charge is 0.464 e. The first-order valence-corrected chi connectivity index (χ1v) is 22.8. The summed E-state index contributed by atoms with van der Waals surface area (Å²) in [7, 11) is 2.56. The van der Waals surface area contributed by atoms with Crippen molar-refractivity contribution < 1.29 is 33.4 Å². The van der Waals surface area contributed by atoms with Crippen molar-refractivity contribution in [3.63, 3.8) is 0 Å². The zero-order valence-electron chi connectivity index (χ0n) is 38.0. The fourth-order valence-electron chi connectivity index (χ4n) is 9.03. The number of nitrogens with one attached hydrogen (secondary N) is 4. The predicted octanol–water partition coefficient (Wildman–Crippen LogP) is 8.33. The van der Waals surface area contributed by atoms with Crippen LogP contribution in [0.1, 0.15) is 100 Å². The molecule has 2 aromatic heterocycles. The van der Waals surface area contributed by atoms with Gasteiger partial charge in [0.1, 0.15) is 29.5 Å². The Balaban J connectivity index is 1.04. The minimum absolute atomic E-state index is 0.143. The van der Waals surface area contributed by atoms with Crippen LogP contribution in [-0.4, -0.2) is 98.8 Å². The number of aromatic nitrogens is 4. The van der Waals surface area contributed by atoms with E-state index in [1.54, 1.807) is 22.2 Å². The number of H-pyrrole nitrogens is 2. The number of nitrogens with zero attached hydrogens (tertiary/aromatic N) is 5. The average molecular weight is 918 g/mol. The topological polar surface area (TPSA) is 196 Å². The Morgan fingerprint density at radius 1 is 0.758 bits per heavy atom. The summed E-state index contributed by atoms with van der Waals surface area (Å²) in [5, 5.41) is 5.99. The minimum Gasteiger partial charge on any atom is -0.464 e. The van der Waals surface area contributed by atoms with Gasteiger partial charge in [0.05, 0.1) is 55.8 Å². The molecule has 66 heavy (non-hydrogen) atoms. The van der Waals surface area contributed by atoms with Crippen molar-refractivity contribution in [3.05, 3.63) is 112 Å². The number of amides is 4. The maximum Gasteiger partial charge on any atom is 0.407 e. The maximum atomic E-state index is 13.8. The smallest absolute Gasteiger partial charge is 0.407 e. The summed E-state index contributed by atoms with van der Waals surface area (Å²) in [5.41, 5.74) is 6.64. The Morgan fingerprint density at radius 3 is 1.82 bits per heavy atom. The number of benzene rings is 3. The molecule has 3 aliphatic rings. The standard InChI is InChI=1S/C49H56ClN9O7/c1-27(2)41(56-48(62)64-5)46(60)58-20-10-14-38(58)43-51-25-36(53-43)30-17-19-34(50)32(22-30)23-35-33-18-16-31(24-40(33)66-45(55-35)29-12-8-7-9-13-29)37-26-52-44(54-37)39-15-11-21-59(39)47(61)42(28(3)4)57-49(63)65-6/h7-9,12-13,16-19,22,24-28,38-39,41-42,45H,10-11,14-15,20-21,23H2,1-6H3,(H,51,53)(H,52,54)(H,56,62)(H,57,63)/t38?,39?,41-,42?,45?/m0/s1. The number of aliphatic imine (C=N–C) groups is 1. The Labute approximate surface area is 388 Å². The van der Waals surface area contributed by atoms with Crippen molar-refractivity contribution in [2.24, 2.45) is 16.8 Å². The number of hydrogen-bond acceptors (Lipinski definition) is 10. The number of aromatic amines is 2. The minimum atomic E-state index is -0.733. The van der Waals surface area contributed by atoms with Crippen molar-refractivity contribution >= 4 is 41.3 Å². The number of carbonyl (C=O) groups excluding carboxylic acids is 4. The second kappa shape index (κ2) is 19.8. The Morgan fingerprint density at radius 2 is 1.29 bits per heavy atom. The van der Waals surface area contributed by atoms with E-state index in [1.807, 2.05) is 94.4 Å². The zero-order valence-corrected chi connectivity index (χ0v) is 38.7. The molecule has 2 fully saturated rings. The molecular formula is C49H56ClN9O7. The van der Waals surface area contributed by atoms with E-state index in [2.05, 4.69) is 20.6 Å². The van der Waals surface area contributed by atoms with Gasteiger partial charge in [-0.3, -0.25) is 9.59 Å². The summed E-state index contributed by atoms with van der Waals surface area (Å²) in [4.78, 5) is 76.9. The molecule has 4 amide bonds. The van der Waals surface area contributed by atoms with Crippen LogP contribution in [0.15, 0.2) is 84.1 Å². The molecule has 0 radical (unpaired) electrons. The van der Waals surface area contributed by atoms with E-state index in [4.69, 9.17) is 40.8 Å². The number of rotatable bonds is 13. The van der Waals surface area contributed by atoms with Gasteiger partial charge in [0, 0.05) is 41.2 Å². The van der Waals surface area contributed by atoms with Gasteiger partial charge >= 0.3 is 12.2 Å². The molecule has 17 heteroatoms. The van der Waals surface area contributed by atoms with Crippen LogP contribution in [0.5, 0.6) is 5.75 Å². The summed E-state index contributed by atoms with van der Waals surface area (Å²) in [5.74, 6) is 1.35. The summed E-state index contributed by atoms with van der Waals surface area (Å²) in [6.07, 6.45) is 5.13. The van der Waals surface area contributed by atoms with Crippen LogP contribution < -0.4 is 15.4 Å².